The van der Waals surface area contributed by atoms with E-state index in [1.807, 2.05) is 18.2 Å². The molecular weight excluding hydrogens is 930 g/mol. The second kappa shape index (κ2) is 14.1. The largest absolute Gasteiger partial charge is 0.397 e. The number of halogens is 4. The van der Waals surface area contributed by atoms with E-state index in [0.29, 0.717) is 11.4 Å². The molecule has 8 bridgehead atoms. The average molecular weight is 959 g/mol. The lowest BCUT2D eigenvalue weighted by molar-refractivity contribution is 1.01. The normalized spacial score (nSPS) is 12.3. The maximum absolute atomic E-state index is 7.02. The number of hydrogen-bond donors (Lipinski definition) is 2. The first kappa shape index (κ1) is 34.9. The van der Waals surface area contributed by atoms with Crippen LogP contribution in [-0.4, -0.2) is 19.5 Å². The minimum absolute atomic E-state index is 0.591. The van der Waals surface area contributed by atoms with Crippen LogP contribution in [0.1, 0.15) is 22.8 Å². The van der Waals surface area contributed by atoms with Crippen molar-refractivity contribution in [2.24, 2.45) is 12.8 Å². The first-order valence-corrected chi connectivity index (χ1v) is 20.4. The summed E-state index contributed by atoms with van der Waals surface area (Å²) in [5, 5.41) is 0. The maximum atomic E-state index is 7.02. The van der Waals surface area contributed by atoms with Gasteiger partial charge in [0.15, 0.2) is 0 Å². The molecule has 262 valence electrons. The number of nitrogens with zero attached hydrogens (tertiary/aromatic N) is 3. The first-order chi connectivity index (χ1) is 26.2. The summed E-state index contributed by atoms with van der Waals surface area (Å²) in [4.78, 5) is 14.6. The number of aromatic amines is 1. The minimum Gasteiger partial charge on any atom is -0.397 e. The Bertz CT molecular complexity index is 2850. The van der Waals surface area contributed by atoms with Gasteiger partial charge in [-0.15, -0.1) is 0 Å². The van der Waals surface area contributed by atoms with Crippen molar-refractivity contribution in [3.05, 3.63) is 162 Å². The minimum atomic E-state index is 0.591. The summed E-state index contributed by atoms with van der Waals surface area (Å²) in [6.45, 7) is 0. The summed E-state index contributed by atoms with van der Waals surface area (Å²) in [5.74, 6) is 0. The third-order valence-electron chi connectivity index (χ3n) is 9.83. The zero-order valence-electron chi connectivity index (χ0n) is 28.7. The van der Waals surface area contributed by atoms with E-state index < -0.39 is 0 Å². The Hall–Kier alpha value is -4.80. The Labute approximate surface area is 345 Å². The van der Waals surface area contributed by atoms with E-state index in [0.717, 1.165) is 102 Å². The molecule has 4 aromatic carbocycles. The molecule has 0 aliphatic carbocycles. The van der Waals surface area contributed by atoms with Crippen LogP contribution in [-0.2, 0) is 7.05 Å². The van der Waals surface area contributed by atoms with Crippen LogP contribution in [0.25, 0.3) is 90.5 Å². The number of hydrogen-bond acceptors (Lipinski definition) is 3. The molecule has 0 atom stereocenters. The summed E-state index contributed by atoms with van der Waals surface area (Å²) < 4.78 is 6.25. The predicted octanol–water partition coefficient (Wildman–Crippen LogP) is 13.7. The van der Waals surface area contributed by atoms with Gasteiger partial charge in [-0.2, -0.15) is 0 Å². The maximum Gasteiger partial charge on any atom is 0.0966 e. The van der Waals surface area contributed by atoms with Gasteiger partial charge in [-0.3, -0.25) is 0 Å². The molecule has 2 aliphatic rings. The summed E-state index contributed by atoms with van der Waals surface area (Å²) in [6, 6.07) is 42.0. The number of aryl methyl sites for hydroxylation is 1. The van der Waals surface area contributed by atoms with Crippen molar-refractivity contribution in [1.82, 2.24) is 19.5 Å². The number of rotatable bonds is 4. The van der Waals surface area contributed by atoms with E-state index in [2.05, 4.69) is 202 Å². The molecule has 3 N–H and O–H groups in total. The van der Waals surface area contributed by atoms with Crippen LogP contribution in [0.15, 0.2) is 139 Å². The molecule has 3 aromatic heterocycles. The lowest BCUT2D eigenvalue weighted by Crippen LogP contribution is -1.97. The highest BCUT2D eigenvalue weighted by Gasteiger charge is 2.22. The Morgan fingerprint density at radius 2 is 0.852 bits per heavy atom. The number of nitrogens with two attached hydrogens (primary N) is 1. The van der Waals surface area contributed by atoms with Gasteiger partial charge in [0.25, 0.3) is 0 Å². The van der Waals surface area contributed by atoms with E-state index in [9.17, 15) is 0 Å². The van der Waals surface area contributed by atoms with E-state index in [1.165, 1.54) is 0 Å². The Morgan fingerprint density at radius 1 is 0.463 bits per heavy atom. The molecule has 9 heteroatoms. The molecule has 0 radical (unpaired) electrons. The van der Waals surface area contributed by atoms with Crippen molar-refractivity contribution in [2.75, 3.05) is 0 Å². The molecule has 5 heterocycles. The Morgan fingerprint density at radius 3 is 1.33 bits per heavy atom. The molecule has 9 rings (SSSR count). The fourth-order valence-electron chi connectivity index (χ4n) is 7.28. The lowest BCUT2D eigenvalue weighted by Gasteiger charge is -2.10. The standard InChI is InChI=1S/C45H29Br4N5/c1-54-39-22-23-40(54)43(27-6-14-31(48)15-7-27)38-24-33(50)45(53-38)44(28-8-16-32(49)17-9-28)37-21-19-35(52-37)41(25-2-10-29(46)11-3-25)34-18-20-36(51-34)42(39)26-4-12-30(47)13-5-26/h2-24,52H,50H2,1H3. The van der Waals surface area contributed by atoms with Gasteiger partial charge in [-0.1, -0.05) is 112 Å². The molecule has 0 spiro atoms. The summed E-state index contributed by atoms with van der Waals surface area (Å²) in [6.07, 6.45) is 6.25. The first-order valence-electron chi connectivity index (χ1n) is 17.2. The monoisotopic (exact) mass is 955 g/mol. The van der Waals surface area contributed by atoms with Crippen molar-refractivity contribution in [3.8, 4) is 44.5 Å². The van der Waals surface area contributed by atoms with Crippen LogP contribution in [0.5, 0.6) is 0 Å². The number of benzene rings is 4. The average Bonchev–Trinajstić information content (AvgIpc) is 3.99. The quantitative estimate of drug-likeness (QED) is 0.185. The third kappa shape index (κ3) is 6.33. The van der Waals surface area contributed by atoms with Gasteiger partial charge in [-0.25, -0.2) is 9.97 Å². The summed E-state index contributed by atoms with van der Waals surface area (Å²) in [7, 11) is 2.11. The Balaban J connectivity index is 1.51. The molecule has 0 saturated heterocycles. The number of aromatic nitrogens is 4. The van der Waals surface area contributed by atoms with E-state index in [-0.39, 0.29) is 0 Å². The van der Waals surface area contributed by atoms with Crippen molar-refractivity contribution in [3.63, 3.8) is 0 Å². The Kier molecular flexibility index (Phi) is 9.14. The lowest BCUT2D eigenvalue weighted by atomic mass is 10.0. The molecule has 2 aliphatic heterocycles. The second-order valence-corrected chi connectivity index (χ2v) is 16.8. The smallest absolute Gasteiger partial charge is 0.0966 e. The van der Waals surface area contributed by atoms with Crippen molar-refractivity contribution < 1.29 is 0 Å². The van der Waals surface area contributed by atoms with Gasteiger partial charge in [0.2, 0.25) is 0 Å². The predicted molar refractivity (Wildman–Crippen MR) is 239 cm³/mol. The number of nitrogens with one attached hydrogen (secondary N) is 1. The fourth-order valence-corrected chi connectivity index (χ4v) is 8.34. The van der Waals surface area contributed by atoms with Gasteiger partial charge in [0.05, 0.1) is 39.5 Å². The van der Waals surface area contributed by atoms with Crippen LogP contribution in [0.4, 0.5) is 0 Å². The van der Waals surface area contributed by atoms with Crippen LogP contribution in [0.2, 0.25) is 0 Å². The zero-order valence-corrected chi connectivity index (χ0v) is 35.1. The fraction of sp³-hybridized carbons (Fsp3) is 0.0222. The number of H-pyrrole nitrogens is 1. The highest BCUT2D eigenvalue weighted by atomic mass is 79.9. The third-order valence-corrected chi connectivity index (χ3v) is 11.9. The summed E-state index contributed by atoms with van der Waals surface area (Å²) in [5.41, 5.74) is 22.7. The van der Waals surface area contributed by atoms with Gasteiger partial charge in [-0.05, 0) is 113 Å². The highest BCUT2D eigenvalue weighted by Crippen LogP contribution is 2.40. The number of fused-ring (bicyclic) bond motifs is 8. The van der Waals surface area contributed by atoms with Gasteiger partial charge >= 0.3 is 0 Å². The van der Waals surface area contributed by atoms with Gasteiger partial charge in [0.1, 0.15) is 0 Å². The van der Waals surface area contributed by atoms with Crippen LogP contribution < -0.4 is 5.73 Å². The molecule has 54 heavy (non-hydrogen) atoms. The zero-order chi connectivity index (χ0) is 37.1. The molecule has 0 amide bonds. The van der Waals surface area contributed by atoms with E-state index in [1.54, 1.807) is 0 Å². The topological polar surface area (TPSA) is 72.5 Å². The van der Waals surface area contributed by atoms with Crippen molar-refractivity contribution in [1.29, 1.82) is 0 Å². The van der Waals surface area contributed by atoms with E-state index >= 15 is 0 Å². The van der Waals surface area contributed by atoms with E-state index in [4.69, 9.17) is 15.7 Å². The molecule has 0 saturated carbocycles. The highest BCUT2D eigenvalue weighted by molar-refractivity contribution is 9.11. The van der Waals surface area contributed by atoms with Crippen LogP contribution in [0.3, 0.4) is 0 Å². The second-order valence-electron chi connectivity index (χ2n) is 13.1. The van der Waals surface area contributed by atoms with Crippen molar-refractivity contribution >= 4 is 110 Å². The molecule has 5 nitrogen and oxygen atoms in total. The molecular formula is C45H29Br4N5. The van der Waals surface area contributed by atoms with Crippen molar-refractivity contribution in [2.45, 2.75) is 0 Å². The van der Waals surface area contributed by atoms with Gasteiger partial charge in [0, 0.05) is 58.2 Å². The van der Waals surface area contributed by atoms with Crippen LogP contribution >= 0.6 is 63.7 Å². The molecule has 7 aromatic rings. The molecule has 0 unspecified atom stereocenters. The summed E-state index contributed by atoms with van der Waals surface area (Å²) >= 11 is 14.5. The molecule has 0 fully saturated rings. The van der Waals surface area contributed by atoms with Gasteiger partial charge < -0.3 is 15.3 Å². The van der Waals surface area contributed by atoms with Crippen LogP contribution in [0, 0.1) is 0 Å². The SMILES string of the molecule is Cn1c2ccc1c(-c1ccc(Br)cc1)c1nc(c(-c3ccc(Br)cc3)c3ccc([nH]3)c(-c3ccc(Br)cc3)c3nc(c2-c2ccc(Br)cc2)C=C3)C(N)=C1.